The average molecular weight is 334 g/mol. The quantitative estimate of drug-likeness (QED) is 0.757. The maximum atomic E-state index is 12.4. The van der Waals surface area contributed by atoms with Gasteiger partial charge in [0, 0.05) is 25.5 Å². The van der Waals surface area contributed by atoms with E-state index in [9.17, 15) is 9.59 Å². The zero-order chi connectivity index (χ0) is 16.9. The Hall–Kier alpha value is -1.89. The molecule has 7 nitrogen and oxygen atoms in total. The monoisotopic (exact) mass is 334 g/mol. The fourth-order valence-electron chi connectivity index (χ4n) is 3.10. The summed E-state index contributed by atoms with van der Waals surface area (Å²) in [6, 6.07) is 1.99. The number of hydrogen-bond acceptors (Lipinski definition) is 4. The normalized spacial score (nSPS) is 17.3. The lowest BCUT2D eigenvalue weighted by Gasteiger charge is -2.34. The molecule has 0 spiro atoms. The van der Waals surface area contributed by atoms with Gasteiger partial charge in [-0.1, -0.05) is 6.42 Å². The first-order valence-electron chi connectivity index (χ1n) is 8.86. The molecule has 1 aliphatic heterocycles. The van der Waals surface area contributed by atoms with E-state index in [0.29, 0.717) is 38.6 Å². The van der Waals surface area contributed by atoms with Crippen LogP contribution in [0.25, 0.3) is 0 Å². The number of hydrogen-bond donors (Lipinski definition) is 1. The molecule has 0 aromatic carbocycles. The first kappa shape index (κ1) is 17.0. The van der Waals surface area contributed by atoms with Gasteiger partial charge in [0.25, 0.3) is 0 Å². The third-order valence-corrected chi connectivity index (χ3v) is 4.76. The molecule has 132 valence electrons. The van der Waals surface area contributed by atoms with Gasteiger partial charge in [-0.2, -0.15) is 5.10 Å². The van der Waals surface area contributed by atoms with Gasteiger partial charge < -0.3 is 15.0 Å². The molecule has 3 rings (SSSR count). The van der Waals surface area contributed by atoms with Gasteiger partial charge in [-0.3, -0.25) is 14.3 Å². The molecule has 2 amide bonds. The van der Waals surface area contributed by atoms with Crippen molar-refractivity contribution in [1.82, 2.24) is 20.0 Å². The SMILES string of the molecule is CCOCCC(=O)NCc1cc2n(n1)CCN(C(=O)C1CCC1)C2. The van der Waals surface area contributed by atoms with E-state index >= 15 is 0 Å². The number of carbonyl (C=O) groups excluding carboxylic acids is 2. The van der Waals surface area contributed by atoms with Crippen molar-refractivity contribution in [2.24, 2.45) is 5.92 Å². The van der Waals surface area contributed by atoms with Gasteiger partial charge >= 0.3 is 0 Å². The van der Waals surface area contributed by atoms with E-state index in [1.54, 1.807) is 0 Å². The van der Waals surface area contributed by atoms with Crippen molar-refractivity contribution >= 4 is 11.8 Å². The Labute approximate surface area is 142 Å². The second kappa shape index (κ2) is 7.79. The van der Waals surface area contributed by atoms with E-state index in [-0.39, 0.29) is 11.8 Å². The molecule has 0 atom stereocenters. The Kier molecular flexibility index (Phi) is 5.50. The molecule has 24 heavy (non-hydrogen) atoms. The highest BCUT2D eigenvalue weighted by Gasteiger charge is 2.31. The van der Waals surface area contributed by atoms with Crippen LogP contribution in [-0.4, -0.2) is 46.3 Å². The van der Waals surface area contributed by atoms with E-state index in [4.69, 9.17) is 4.74 Å². The molecule has 0 saturated heterocycles. The van der Waals surface area contributed by atoms with Gasteiger partial charge in [0.2, 0.25) is 11.8 Å². The third-order valence-electron chi connectivity index (χ3n) is 4.76. The summed E-state index contributed by atoms with van der Waals surface area (Å²) in [6.45, 7) is 5.47. The zero-order valence-electron chi connectivity index (χ0n) is 14.3. The molecular formula is C17H26N4O3. The van der Waals surface area contributed by atoms with Crippen LogP contribution < -0.4 is 5.32 Å². The van der Waals surface area contributed by atoms with Gasteiger partial charge in [0.05, 0.1) is 37.6 Å². The van der Waals surface area contributed by atoms with Crippen molar-refractivity contribution in [3.63, 3.8) is 0 Å². The Morgan fingerprint density at radius 3 is 2.92 bits per heavy atom. The molecule has 1 saturated carbocycles. The molecule has 7 heteroatoms. The average Bonchev–Trinajstić information content (AvgIpc) is 2.93. The Bertz CT molecular complexity index is 595. The molecule has 0 bridgehead atoms. The minimum Gasteiger partial charge on any atom is -0.381 e. The molecule has 0 radical (unpaired) electrons. The number of nitrogens with zero attached hydrogens (tertiary/aromatic N) is 3. The van der Waals surface area contributed by atoms with Crippen molar-refractivity contribution in [3.8, 4) is 0 Å². The lowest BCUT2D eigenvalue weighted by molar-refractivity contribution is -0.139. The van der Waals surface area contributed by atoms with Gasteiger partial charge in [-0.05, 0) is 25.8 Å². The number of aromatic nitrogens is 2. The van der Waals surface area contributed by atoms with E-state index in [2.05, 4.69) is 10.4 Å². The second-order valence-corrected chi connectivity index (χ2v) is 6.46. The number of rotatable bonds is 7. The van der Waals surface area contributed by atoms with Crippen molar-refractivity contribution in [2.45, 2.75) is 52.2 Å². The first-order valence-corrected chi connectivity index (χ1v) is 8.86. The summed E-state index contributed by atoms with van der Waals surface area (Å²) in [5.41, 5.74) is 1.89. The molecule has 0 unspecified atom stereocenters. The van der Waals surface area contributed by atoms with Gasteiger partial charge in [0.1, 0.15) is 0 Å². The van der Waals surface area contributed by atoms with Gasteiger partial charge in [0.15, 0.2) is 0 Å². The summed E-state index contributed by atoms with van der Waals surface area (Å²) in [7, 11) is 0. The molecule has 1 N–H and O–H groups in total. The largest absolute Gasteiger partial charge is 0.381 e. The van der Waals surface area contributed by atoms with E-state index < -0.39 is 0 Å². The molecule has 1 fully saturated rings. The Morgan fingerprint density at radius 2 is 2.21 bits per heavy atom. The van der Waals surface area contributed by atoms with E-state index in [1.807, 2.05) is 22.6 Å². The van der Waals surface area contributed by atoms with Crippen LogP contribution in [0, 0.1) is 5.92 Å². The molecular weight excluding hydrogens is 308 g/mol. The van der Waals surface area contributed by atoms with Crippen molar-refractivity contribution in [3.05, 3.63) is 17.5 Å². The lowest BCUT2D eigenvalue weighted by atomic mass is 9.84. The number of amides is 2. The first-order chi connectivity index (χ1) is 11.7. The number of carbonyl (C=O) groups is 2. The summed E-state index contributed by atoms with van der Waals surface area (Å²) in [6.07, 6.45) is 3.61. The maximum absolute atomic E-state index is 12.4. The Morgan fingerprint density at radius 1 is 1.38 bits per heavy atom. The molecule has 1 aliphatic carbocycles. The van der Waals surface area contributed by atoms with Crippen LogP contribution in [0.15, 0.2) is 6.07 Å². The zero-order valence-corrected chi connectivity index (χ0v) is 14.3. The van der Waals surface area contributed by atoms with Crippen molar-refractivity contribution < 1.29 is 14.3 Å². The molecule has 1 aromatic heterocycles. The highest BCUT2D eigenvalue weighted by Crippen LogP contribution is 2.29. The highest BCUT2D eigenvalue weighted by atomic mass is 16.5. The predicted octanol–water partition coefficient (Wildman–Crippen LogP) is 1.07. The van der Waals surface area contributed by atoms with E-state index in [1.165, 1.54) is 6.42 Å². The third kappa shape index (κ3) is 3.95. The van der Waals surface area contributed by atoms with Crippen molar-refractivity contribution in [2.75, 3.05) is 19.8 Å². The van der Waals surface area contributed by atoms with Crippen LogP contribution >= 0.6 is 0 Å². The topological polar surface area (TPSA) is 76.5 Å². The lowest BCUT2D eigenvalue weighted by Crippen LogP contribution is -2.43. The second-order valence-electron chi connectivity index (χ2n) is 6.46. The smallest absolute Gasteiger partial charge is 0.226 e. The molecule has 2 heterocycles. The predicted molar refractivity (Wildman–Crippen MR) is 87.9 cm³/mol. The summed E-state index contributed by atoms with van der Waals surface area (Å²) >= 11 is 0. The fourth-order valence-corrected chi connectivity index (χ4v) is 3.10. The molecule has 2 aliphatic rings. The maximum Gasteiger partial charge on any atom is 0.226 e. The van der Waals surface area contributed by atoms with Crippen LogP contribution in [0.1, 0.15) is 44.0 Å². The number of ether oxygens (including phenoxy) is 1. The van der Waals surface area contributed by atoms with Crippen LogP contribution in [0.4, 0.5) is 0 Å². The molecule has 1 aromatic rings. The van der Waals surface area contributed by atoms with Crippen molar-refractivity contribution in [1.29, 1.82) is 0 Å². The number of fused-ring (bicyclic) bond motifs is 1. The van der Waals surface area contributed by atoms with E-state index in [0.717, 1.165) is 37.3 Å². The minimum absolute atomic E-state index is 0.0313. The Balaban J connectivity index is 1.49. The van der Waals surface area contributed by atoms with Gasteiger partial charge in [-0.15, -0.1) is 0 Å². The highest BCUT2D eigenvalue weighted by molar-refractivity contribution is 5.79. The number of nitrogens with one attached hydrogen (secondary N) is 1. The minimum atomic E-state index is -0.0313. The summed E-state index contributed by atoms with van der Waals surface area (Å²) < 4.78 is 7.12. The summed E-state index contributed by atoms with van der Waals surface area (Å²) in [5.74, 6) is 0.499. The fraction of sp³-hybridized carbons (Fsp3) is 0.706. The standard InChI is InChI=1S/C17H26N4O3/c1-2-24-9-6-16(22)18-11-14-10-15-12-20(7-8-21(15)19-14)17(23)13-4-3-5-13/h10,13H,2-9,11-12H2,1H3,(H,18,22). The van der Waals surface area contributed by atoms with Crippen LogP contribution in [-0.2, 0) is 34.0 Å². The summed E-state index contributed by atoms with van der Waals surface area (Å²) in [4.78, 5) is 26.0. The van der Waals surface area contributed by atoms with Crippen LogP contribution in [0.5, 0.6) is 0 Å². The van der Waals surface area contributed by atoms with Crippen LogP contribution in [0.3, 0.4) is 0 Å². The van der Waals surface area contributed by atoms with Gasteiger partial charge in [-0.25, -0.2) is 0 Å². The van der Waals surface area contributed by atoms with Crippen LogP contribution in [0.2, 0.25) is 0 Å². The summed E-state index contributed by atoms with van der Waals surface area (Å²) in [5, 5.41) is 7.39.